The molecule has 0 unspecified atom stereocenters. The van der Waals surface area contributed by atoms with Gasteiger partial charge < -0.3 is 5.43 Å². The van der Waals surface area contributed by atoms with Crippen LogP contribution in [0, 0.1) is 0 Å². The highest BCUT2D eigenvalue weighted by molar-refractivity contribution is 5.59. The van der Waals surface area contributed by atoms with Crippen LogP contribution in [0.2, 0.25) is 0 Å². The first-order valence-electron chi connectivity index (χ1n) is 2.39. The number of nitrogens with one attached hydrogen (secondary N) is 1. The van der Waals surface area contributed by atoms with Crippen molar-refractivity contribution in [2.45, 2.75) is 6.42 Å². The fourth-order valence-electron chi connectivity index (χ4n) is 0.463. The Morgan fingerprint density at radius 3 is 3.43 bits per heavy atom. The summed E-state index contributed by atoms with van der Waals surface area (Å²) in [6.45, 7) is 0.872. The van der Waals surface area contributed by atoms with E-state index in [0.717, 1.165) is 13.0 Å². The van der Waals surface area contributed by atoms with Crippen molar-refractivity contribution in [2.24, 2.45) is 5.10 Å². The highest BCUT2D eigenvalue weighted by Crippen LogP contribution is 1.80. The van der Waals surface area contributed by atoms with Gasteiger partial charge in [-0.05, 0) is 0 Å². The van der Waals surface area contributed by atoms with Crippen molar-refractivity contribution >= 4 is 6.21 Å². The van der Waals surface area contributed by atoms with Crippen LogP contribution in [0.5, 0.6) is 0 Å². The summed E-state index contributed by atoms with van der Waals surface area (Å²) >= 11 is 0. The van der Waals surface area contributed by atoms with Gasteiger partial charge in [-0.3, -0.25) is 0 Å². The van der Waals surface area contributed by atoms with E-state index < -0.39 is 0 Å². The van der Waals surface area contributed by atoms with Gasteiger partial charge in [0.1, 0.15) is 0 Å². The molecule has 0 aromatic heterocycles. The molecular formula is C5H8N2. The van der Waals surface area contributed by atoms with Crippen LogP contribution in [0.25, 0.3) is 0 Å². The molecular weight excluding hydrogens is 88.1 g/mol. The first-order chi connectivity index (χ1) is 3.50. The average molecular weight is 96.1 g/mol. The van der Waals surface area contributed by atoms with Gasteiger partial charge in [0, 0.05) is 12.6 Å². The molecule has 0 aliphatic carbocycles. The van der Waals surface area contributed by atoms with Crippen LogP contribution in [-0.2, 0) is 0 Å². The predicted octanol–water partition coefficient (Wildman–Crippen LogP) is 0.522. The van der Waals surface area contributed by atoms with Gasteiger partial charge >= 0.3 is 0 Å². The third-order valence-corrected chi connectivity index (χ3v) is 0.800. The molecule has 0 aromatic carbocycles. The zero-order valence-electron chi connectivity index (χ0n) is 4.09. The molecule has 0 spiro atoms. The van der Waals surface area contributed by atoms with E-state index in [4.69, 9.17) is 0 Å². The Morgan fingerprint density at radius 2 is 2.43 bits per heavy atom. The second-order valence-corrected chi connectivity index (χ2v) is 1.38. The minimum Gasteiger partial charge on any atom is -0.307 e. The van der Waals surface area contributed by atoms with E-state index in [1.54, 1.807) is 0 Å². The predicted molar refractivity (Wildman–Crippen MR) is 30.3 cm³/mol. The van der Waals surface area contributed by atoms with Gasteiger partial charge in [0.25, 0.3) is 0 Å². The van der Waals surface area contributed by atoms with Crippen molar-refractivity contribution in [2.75, 3.05) is 6.54 Å². The maximum atomic E-state index is 3.83. The highest BCUT2D eigenvalue weighted by atomic mass is 15.3. The molecule has 38 valence electrons. The normalized spacial score (nSPS) is 18.3. The summed E-state index contributed by atoms with van der Waals surface area (Å²) in [6.07, 6.45) is 6.97. The lowest BCUT2D eigenvalue weighted by Crippen LogP contribution is -2.01. The molecule has 1 rings (SSSR count). The number of nitrogens with zero attached hydrogens (tertiary/aromatic N) is 1. The number of hydrogen-bond acceptors (Lipinski definition) is 2. The van der Waals surface area contributed by atoms with Crippen LogP contribution in [0.15, 0.2) is 17.3 Å². The molecule has 7 heavy (non-hydrogen) atoms. The Hall–Kier alpha value is -0.790. The quantitative estimate of drug-likeness (QED) is 0.437. The van der Waals surface area contributed by atoms with Gasteiger partial charge in [-0.2, -0.15) is 5.10 Å². The van der Waals surface area contributed by atoms with Crippen LogP contribution in [0.4, 0.5) is 0 Å². The molecule has 0 atom stereocenters. The van der Waals surface area contributed by atoms with Crippen molar-refractivity contribution in [3.05, 3.63) is 12.2 Å². The van der Waals surface area contributed by atoms with Crippen molar-refractivity contribution in [1.29, 1.82) is 0 Å². The van der Waals surface area contributed by atoms with Gasteiger partial charge in [-0.25, -0.2) is 0 Å². The fourth-order valence-corrected chi connectivity index (χ4v) is 0.463. The molecule has 0 saturated carbocycles. The van der Waals surface area contributed by atoms with Crippen LogP contribution >= 0.6 is 0 Å². The molecule has 2 nitrogen and oxygen atoms in total. The van der Waals surface area contributed by atoms with E-state index in [0.29, 0.717) is 0 Å². The topological polar surface area (TPSA) is 24.4 Å². The summed E-state index contributed by atoms with van der Waals surface area (Å²) in [5.74, 6) is 0. The molecule has 0 radical (unpaired) electrons. The van der Waals surface area contributed by atoms with Crippen LogP contribution in [0.3, 0.4) is 0 Å². The standard InChI is InChI=1S/C5H8N2/c1-2-4-6-7-5-3-1/h1-2,5-6H,3-4H2. The van der Waals surface area contributed by atoms with Gasteiger partial charge in [0.15, 0.2) is 0 Å². The molecule has 1 aliphatic heterocycles. The molecule has 0 bridgehead atoms. The monoisotopic (exact) mass is 96.1 g/mol. The lowest BCUT2D eigenvalue weighted by molar-refractivity contribution is 0.835. The lowest BCUT2D eigenvalue weighted by atomic mass is 10.4. The molecule has 0 amide bonds. The molecule has 1 N–H and O–H groups in total. The third kappa shape index (κ3) is 1.39. The smallest absolute Gasteiger partial charge is 0.0510 e. The second kappa shape index (κ2) is 2.39. The first kappa shape index (κ1) is 4.37. The van der Waals surface area contributed by atoms with Crippen molar-refractivity contribution < 1.29 is 0 Å². The number of hydrogen-bond donors (Lipinski definition) is 1. The van der Waals surface area contributed by atoms with Crippen LogP contribution in [0.1, 0.15) is 6.42 Å². The van der Waals surface area contributed by atoms with Crippen LogP contribution < -0.4 is 5.43 Å². The van der Waals surface area contributed by atoms with Crippen LogP contribution in [-0.4, -0.2) is 12.8 Å². The number of rotatable bonds is 0. The minimum atomic E-state index is 0.872. The lowest BCUT2D eigenvalue weighted by Gasteiger charge is -1.85. The minimum absolute atomic E-state index is 0.872. The van der Waals surface area contributed by atoms with E-state index in [-0.39, 0.29) is 0 Å². The number of allylic oxidation sites excluding steroid dienone is 1. The van der Waals surface area contributed by atoms with E-state index in [2.05, 4.69) is 22.7 Å². The second-order valence-electron chi connectivity index (χ2n) is 1.38. The summed E-state index contributed by atoms with van der Waals surface area (Å²) in [6, 6.07) is 0. The van der Waals surface area contributed by atoms with E-state index in [1.165, 1.54) is 0 Å². The molecule has 0 aromatic rings. The molecule has 0 fully saturated rings. The zero-order chi connectivity index (χ0) is 4.95. The summed E-state index contributed by atoms with van der Waals surface area (Å²) in [5, 5.41) is 3.83. The molecule has 1 aliphatic rings. The van der Waals surface area contributed by atoms with Crippen molar-refractivity contribution in [3.8, 4) is 0 Å². The van der Waals surface area contributed by atoms with Crippen molar-refractivity contribution in [3.63, 3.8) is 0 Å². The Bertz CT molecular complexity index is 82.3. The largest absolute Gasteiger partial charge is 0.307 e. The van der Waals surface area contributed by atoms with E-state index in [1.807, 2.05) is 6.21 Å². The summed E-state index contributed by atoms with van der Waals surface area (Å²) < 4.78 is 0. The summed E-state index contributed by atoms with van der Waals surface area (Å²) in [4.78, 5) is 0. The Kier molecular flexibility index (Phi) is 1.50. The van der Waals surface area contributed by atoms with Gasteiger partial charge in [-0.15, -0.1) is 0 Å². The van der Waals surface area contributed by atoms with Gasteiger partial charge in [0.05, 0.1) is 6.54 Å². The molecule has 1 heterocycles. The Morgan fingerprint density at radius 1 is 1.43 bits per heavy atom. The van der Waals surface area contributed by atoms with E-state index in [9.17, 15) is 0 Å². The summed E-state index contributed by atoms with van der Waals surface area (Å²) in [5.41, 5.74) is 2.83. The Balaban J connectivity index is 2.38. The SMILES string of the molecule is C1=CCNN=CC1. The van der Waals surface area contributed by atoms with Crippen molar-refractivity contribution in [1.82, 2.24) is 5.43 Å². The first-order valence-corrected chi connectivity index (χ1v) is 2.39. The van der Waals surface area contributed by atoms with E-state index >= 15 is 0 Å². The average Bonchev–Trinajstić information content (AvgIpc) is 1.90. The highest BCUT2D eigenvalue weighted by Gasteiger charge is 1.77. The fraction of sp³-hybridized carbons (Fsp3) is 0.400. The van der Waals surface area contributed by atoms with Gasteiger partial charge in [-0.1, -0.05) is 12.2 Å². The van der Waals surface area contributed by atoms with Gasteiger partial charge in [0.2, 0.25) is 0 Å². The third-order valence-electron chi connectivity index (χ3n) is 0.800. The zero-order valence-corrected chi connectivity index (χ0v) is 4.09. The number of hydrazone groups is 1. The molecule has 2 heteroatoms. The summed E-state index contributed by atoms with van der Waals surface area (Å²) in [7, 11) is 0. The Labute approximate surface area is 42.9 Å². The molecule has 0 saturated heterocycles. The maximum Gasteiger partial charge on any atom is 0.0510 e. The maximum absolute atomic E-state index is 3.83.